The SMILES string of the molecule is CC12CC=C3C=CC=CC(=NC1)C32C. The lowest BCUT2D eigenvalue weighted by Crippen LogP contribution is -2.37. The van der Waals surface area contributed by atoms with Gasteiger partial charge in [-0.3, -0.25) is 4.99 Å². The number of aliphatic imine (C=N–C) groups is 1. The number of nitrogens with zero attached hydrogens (tertiary/aromatic N) is 1. The van der Waals surface area contributed by atoms with Gasteiger partial charge in [0.25, 0.3) is 0 Å². The Morgan fingerprint density at radius 1 is 1.21 bits per heavy atom. The average molecular weight is 185 g/mol. The molecule has 0 N–H and O–H groups in total. The third-order valence-electron chi connectivity index (χ3n) is 4.31. The van der Waals surface area contributed by atoms with E-state index in [2.05, 4.69) is 44.2 Å². The minimum absolute atomic E-state index is 0.177. The Hall–Kier alpha value is -1.11. The number of hydrogen-bond donors (Lipinski definition) is 0. The maximum Gasteiger partial charge on any atom is 0.0462 e. The smallest absolute Gasteiger partial charge is 0.0462 e. The summed E-state index contributed by atoms with van der Waals surface area (Å²) in [5.74, 6) is 0. The first-order valence-electron chi connectivity index (χ1n) is 5.27. The predicted molar refractivity (Wildman–Crippen MR) is 59.5 cm³/mol. The zero-order chi connectivity index (χ0) is 9.81. The molecule has 1 heteroatoms. The molecular formula is C13H15N. The van der Waals surface area contributed by atoms with Crippen LogP contribution in [0, 0.1) is 10.8 Å². The zero-order valence-electron chi connectivity index (χ0n) is 8.75. The number of rotatable bonds is 0. The van der Waals surface area contributed by atoms with E-state index in [0.29, 0.717) is 5.41 Å². The summed E-state index contributed by atoms with van der Waals surface area (Å²) in [6.07, 6.45) is 12.2. The second-order valence-corrected chi connectivity index (χ2v) is 4.97. The Balaban J connectivity index is 2.25. The molecule has 0 radical (unpaired) electrons. The summed E-state index contributed by atoms with van der Waals surface area (Å²) in [4.78, 5) is 4.69. The molecule has 0 amide bonds. The van der Waals surface area contributed by atoms with Crippen molar-refractivity contribution in [2.24, 2.45) is 15.8 Å². The number of hydrogen-bond acceptors (Lipinski definition) is 1. The van der Waals surface area contributed by atoms with Crippen molar-refractivity contribution in [3.63, 3.8) is 0 Å². The Labute approximate surface area is 84.9 Å². The Morgan fingerprint density at radius 2 is 2.00 bits per heavy atom. The lowest BCUT2D eigenvalue weighted by atomic mass is 9.64. The topological polar surface area (TPSA) is 12.4 Å². The molecule has 1 heterocycles. The molecule has 0 aromatic rings. The van der Waals surface area contributed by atoms with Crippen LogP contribution >= 0.6 is 0 Å². The summed E-state index contributed by atoms with van der Waals surface area (Å²) in [7, 11) is 0. The van der Waals surface area contributed by atoms with E-state index >= 15 is 0 Å². The minimum atomic E-state index is 0.177. The summed E-state index contributed by atoms with van der Waals surface area (Å²) < 4.78 is 0. The second kappa shape index (κ2) is 2.28. The molecule has 2 unspecified atom stereocenters. The van der Waals surface area contributed by atoms with Crippen molar-refractivity contribution in [3.8, 4) is 0 Å². The largest absolute Gasteiger partial charge is 0.288 e. The van der Waals surface area contributed by atoms with Gasteiger partial charge in [-0.1, -0.05) is 31.2 Å². The molecular weight excluding hydrogens is 170 g/mol. The van der Waals surface area contributed by atoms with Crippen molar-refractivity contribution in [1.29, 1.82) is 0 Å². The van der Waals surface area contributed by atoms with Gasteiger partial charge >= 0.3 is 0 Å². The molecule has 14 heavy (non-hydrogen) atoms. The molecule has 1 nitrogen and oxygen atoms in total. The van der Waals surface area contributed by atoms with Crippen molar-refractivity contribution in [2.75, 3.05) is 6.54 Å². The third-order valence-corrected chi connectivity index (χ3v) is 4.31. The van der Waals surface area contributed by atoms with Gasteiger partial charge in [0.1, 0.15) is 0 Å². The van der Waals surface area contributed by atoms with Gasteiger partial charge in [0, 0.05) is 23.1 Å². The van der Waals surface area contributed by atoms with Crippen molar-refractivity contribution in [3.05, 3.63) is 36.0 Å². The van der Waals surface area contributed by atoms with Gasteiger partial charge in [-0.15, -0.1) is 0 Å². The highest BCUT2D eigenvalue weighted by Gasteiger charge is 2.55. The minimum Gasteiger partial charge on any atom is -0.288 e. The molecule has 3 aliphatic rings. The Kier molecular flexibility index (Phi) is 1.34. The van der Waals surface area contributed by atoms with Crippen LogP contribution in [0.2, 0.25) is 0 Å². The molecule has 72 valence electrons. The maximum atomic E-state index is 4.69. The molecule has 1 aliphatic heterocycles. The van der Waals surface area contributed by atoms with Gasteiger partial charge in [-0.05, 0) is 25.0 Å². The van der Waals surface area contributed by atoms with Crippen LogP contribution in [0.15, 0.2) is 40.9 Å². The van der Waals surface area contributed by atoms with Crippen LogP contribution < -0.4 is 0 Å². The summed E-state index contributed by atoms with van der Waals surface area (Å²) in [6, 6.07) is 0. The lowest BCUT2D eigenvalue weighted by Gasteiger charge is -2.36. The van der Waals surface area contributed by atoms with E-state index in [9.17, 15) is 0 Å². The lowest BCUT2D eigenvalue weighted by molar-refractivity contribution is 0.243. The van der Waals surface area contributed by atoms with Gasteiger partial charge in [-0.2, -0.15) is 0 Å². The van der Waals surface area contributed by atoms with E-state index < -0.39 is 0 Å². The molecule has 0 spiro atoms. The summed E-state index contributed by atoms with van der Waals surface area (Å²) in [6.45, 7) is 5.69. The molecule has 0 saturated heterocycles. The highest BCUT2D eigenvalue weighted by molar-refractivity contribution is 6.05. The molecule has 0 aromatic carbocycles. The predicted octanol–water partition coefficient (Wildman–Crippen LogP) is 2.91. The van der Waals surface area contributed by atoms with Crippen LogP contribution in [0.1, 0.15) is 20.3 Å². The molecule has 2 atom stereocenters. The average Bonchev–Trinajstić information content (AvgIpc) is 2.49. The van der Waals surface area contributed by atoms with Crippen molar-refractivity contribution < 1.29 is 0 Å². The molecule has 2 aliphatic carbocycles. The highest BCUT2D eigenvalue weighted by Crippen LogP contribution is 2.57. The van der Waals surface area contributed by atoms with E-state index in [0.717, 1.165) is 6.54 Å². The van der Waals surface area contributed by atoms with Crippen LogP contribution in [0.25, 0.3) is 0 Å². The van der Waals surface area contributed by atoms with E-state index in [-0.39, 0.29) is 5.41 Å². The standard InChI is InChI=1S/C13H15N/c1-12-8-7-10-5-3-4-6-11(14-9-12)13(10,12)2/h3-7H,8-9H2,1-2H3. The Bertz CT molecular complexity index is 375. The van der Waals surface area contributed by atoms with Crippen molar-refractivity contribution >= 4 is 5.71 Å². The fraction of sp³-hybridized carbons (Fsp3) is 0.462. The summed E-state index contributed by atoms with van der Waals surface area (Å²) in [5.41, 5.74) is 3.24. The Morgan fingerprint density at radius 3 is 2.86 bits per heavy atom. The third kappa shape index (κ3) is 0.704. The first kappa shape index (κ1) is 8.22. The first-order chi connectivity index (χ1) is 6.67. The summed E-state index contributed by atoms with van der Waals surface area (Å²) >= 11 is 0. The van der Waals surface area contributed by atoms with Crippen molar-refractivity contribution in [2.45, 2.75) is 20.3 Å². The van der Waals surface area contributed by atoms with E-state index in [4.69, 9.17) is 4.99 Å². The van der Waals surface area contributed by atoms with Crippen LogP contribution in [0.4, 0.5) is 0 Å². The monoisotopic (exact) mass is 185 g/mol. The van der Waals surface area contributed by atoms with Crippen LogP contribution in [0.3, 0.4) is 0 Å². The second-order valence-electron chi connectivity index (χ2n) is 4.97. The summed E-state index contributed by atoms with van der Waals surface area (Å²) in [5, 5.41) is 0. The van der Waals surface area contributed by atoms with Crippen LogP contribution in [0.5, 0.6) is 0 Å². The van der Waals surface area contributed by atoms with Gasteiger partial charge in [0.15, 0.2) is 0 Å². The number of allylic oxidation sites excluding steroid dienone is 6. The molecule has 0 fully saturated rings. The molecule has 3 rings (SSSR count). The van der Waals surface area contributed by atoms with Crippen LogP contribution in [-0.2, 0) is 0 Å². The highest BCUT2D eigenvalue weighted by atomic mass is 14.9. The fourth-order valence-electron chi connectivity index (χ4n) is 2.95. The normalized spacial score (nSPS) is 43.3. The van der Waals surface area contributed by atoms with E-state index in [1.807, 2.05) is 0 Å². The first-order valence-corrected chi connectivity index (χ1v) is 5.27. The zero-order valence-corrected chi connectivity index (χ0v) is 8.75. The van der Waals surface area contributed by atoms with Gasteiger partial charge in [-0.25, -0.2) is 0 Å². The van der Waals surface area contributed by atoms with E-state index in [1.54, 1.807) is 0 Å². The van der Waals surface area contributed by atoms with Gasteiger partial charge < -0.3 is 0 Å². The molecule has 0 saturated carbocycles. The maximum absolute atomic E-state index is 4.69. The molecule has 0 aromatic heterocycles. The van der Waals surface area contributed by atoms with Crippen molar-refractivity contribution in [1.82, 2.24) is 0 Å². The molecule has 0 bridgehead atoms. The quantitative estimate of drug-likeness (QED) is 0.550. The van der Waals surface area contributed by atoms with E-state index in [1.165, 1.54) is 17.7 Å². The van der Waals surface area contributed by atoms with Gasteiger partial charge in [0.05, 0.1) is 0 Å². The van der Waals surface area contributed by atoms with Gasteiger partial charge in [0.2, 0.25) is 0 Å². The fourth-order valence-corrected chi connectivity index (χ4v) is 2.95. The van der Waals surface area contributed by atoms with Crippen LogP contribution in [-0.4, -0.2) is 12.3 Å².